The molecule has 0 saturated carbocycles. The lowest BCUT2D eigenvalue weighted by Gasteiger charge is -2.19. The van der Waals surface area contributed by atoms with E-state index in [1.54, 1.807) is 19.1 Å². The number of rotatable bonds is 3. The predicted octanol–water partition coefficient (Wildman–Crippen LogP) is 4.19. The average molecular weight is 373 g/mol. The van der Waals surface area contributed by atoms with E-state index in [1.807, 2.05) is 13.1 Å². The van der Waals surface area contributed by atoms with Crippen molar-refractivity contribution >= 4 is 22.6 Å². The summed E-state index contributed by atoms with van der Waals surface area (Å²) in [7, 11) is 1.81. The van der Waals surface area contributed by atoms with E-state index >= 15 is 0 Å². The van der Waals surface area contributed by atoms with E-state index in [9.17, 15) is 8.78 Å². The van der Waals surface area contributed by atoms with Crippen molar-refractivity contribution in [3.63, 3.8) is 0 Å². The van der Waals surface area contributed by atoms with Gasteiger partial charge in [-0.2, -0.15) is 0 Å². The molecule has 1 unspecified atom stereocenters. The second kappa shape index (κ2) is 5.96. The summed E-state index contributed by atoms with van der Waals surface area (Å²) in [5.74, 6) is -0.493. The van der Waals surface area contributed by atoms with Gasteiger partial charge in [-0.1, -0.05) is 18.2 Å². The van der Waals surface area contributed by atoms with E-state index in [0.717, 1.165) is 14.7 Å². The summed E-state index contributed by atoms with van der Waals surface area (Å²) in [6.07, 6.45) is 0. The molecule has 0 amide bonds. The normalized spacial score (nSPS) is 12.5. The van der Waals surface area contributed by atoms with Crippen LogP contribution in [0.5, 0.6) is 0 Å². The minimum absolute atomic E-state index is 0.150. The fraction of sp³-hybridized carbons (Fsp3) is 0.200. The largest absolute Gasteiger partial charge is 0.309 e. The van der Waals surface area contributed by atoms with E-state index in [4.69, 9.17) is 0 Å². The first-order valence-electron chi connectivity index (χ1n) is 5.91. The molecule has 0 radical (unpaired) electrons. The molecule has 4 heteroatoms. The van der Waals surface area contributed by atoms with Gasteiger partial charge < -0.3 is 5.32 Å². The van der Waals surface area contributed by atoms with Crippen LogP contribution in [0, 0.1) is 22.1 Å². The van der Waals surface area contributed by atoms with Gasteiger partial charge in [0, 0.05) is 3.57 Å². The Hall–Kier alpha value is -1.01. The first-order valence-corrected chi connectivity index (χ1v) is 6.99. The number of halogens is 3. The van der Waals surface area contributed by atoms with E-state index < -0.39 is 0 Å². The number of nitrogens with one attached hydrogen (secondary N) is 1. The van der Waals surface area contributed by atoms with E-state index in [1.165, 1.54) is 18.2 Å². The molecule has 0 bridgehead atoms. The van der Waals surface area contributed by atoms with E-state index in [2.05, 4.69) is 27.9 Å². The lowest BCUT2D eigenvalue weighted by Crippen LogP contribution is -2.19. The Bertz CT molecular complexity index is 599. The summed E-state index contributed by atoms with van der Waals surface area (Å²) in [6, 6.07) is 9.65. The van der Waals surface area contributed by atoms with Crippen molar-refractivity contribution in [2.75, 3.05) is 7.05 Å². The van der Waals surface area contributed by atoms with Crippen molar-refractivity contribution < 1.29 is 8.78 Å². The molecule has 0 aromatic heterocycles. The summed E-state index contributed by atoms with van der Waals surface area (Å²) < 4.78 is 27.6. The maximum Gasteiger partial charge on any atom is 0.126 e. The molecule has 2 rings (SSSR count). The number of aryl methyl sites for hydroxylation is 1. The smallest absolute Gasteiger partial charge is 0.126 e. The van der Waals surface area contributed by atoms with Crippen molar-refractivity contribution in [2.24, 2.45) is 0 Å². The SMILES string of the molecule is CNC(c1ccc(C)c(F)c1)c1ccc(F)cc1I. The van der Waals surface area contributed by atoms with Crippen LogP contribution in [0.1, 0.15) is 22.7 Å². The van der Waals surface area contributed by atoms with Gasteiger partial charge in [-0.25, -0.2) is 8.78 Å². The molecule has 2 aromatic carbocycles. The third kappa shape index (κ3) is 3.12. The summed E-state index contributed by atoms with van der Waals surface area (Å²) >= 11 is 2.09. The van der Waals surface area contributed by atoms with Crippen LogP contribution < -0.4 is 5.32 Å². The molecule has 0 fully saturated rings. The highest BCUT2D eigenvalue weighted by Gasteiger charge is 2.16. The van der Waals surface area contributed by atoms with Crippen LogP contribution >= 0.6 is 22.6 Å². The van der Waals surface area contributed by atoms with Crippen LogP contribution in [0.15, 0.2) is 36.4 Å². The molecular formula is C15H14F2IN. The number of hydrogen-bond donors (Lipinski definition) is 1. The zero-order valence-corrected chi connectivity index (χ0v) is 12.8. The maximum atomic E-state index is 13.7. The van der Waals surface area contributed by atoms with Crippen molar-refractivity contribution in [1.82, 2.24) is 5.32 Å². The van der Waals surface area contributed by atoms with Gasteiger partial charge in [-0.15, -0.1) is 0 Å². The van der Waals surface area contributed by atoms with Crippen LogP contribution in [-0.2, 0) is 0 Å². The lowest BCUT2D eigenvalue weighted by atomic mass is 9.98. The molecule has 0 aliphatic rings. The Labute approximate surface area is 125 Å². The van der Waals surface area contributed by atoms with Gasteiger partial charge in [-0.3, -0.25) is 0 Å². The fourth-order valence-electron chi connectivity index (χ4n) is 2.03. The zero-order chi connectivity index (χ0) is 14.0. The third-order valence-corrected chi connectivity index (χ3v) is 4.03. The second-order valence-electron chi connectivity index (χ2n) is 4.40. The number of benzene rings is 2. The van der Waals surface area contributed by atoms with Crippen molar-refractivity contribution in [1.29, 1.82) is 0 Å². The molecular weight excluding hydrogens is 359 g/mol. The second-order valence-corrected chi connectivity index (χ2v) is 5.56. The molecule has 0 aliphatic carbocycles. The Morgan fingerprint density at radius 1 is 1.11 bits per heavy atom. The van der Waals surface area contributed by atoms with Gasteiger partial charge >= 0.3 is 0 Å². The minimum atomic E-state index is -0.266. The Kier molecular flexibility index (Phi) is 4.52. The highest BCUT2D eigenvalue weighted by atomic mass is 127. The van der Waals surface area contributed by atoms with Crippen molar-refractivity contribution in [3.05, 3.63) is 68.3 Å². The van der Waals surface area contributed by atoms with Gasteiger partial charge in [0.15, 0.2) is 0 Å². The maximum absolute atomic E-state index is 13.7. The third-order valence-electron chi connectivity index (χ3n) is 3.09. The molecule has 0 saturated heterocycles. The minimum Gasteiger partial charge on any atom is -0.309 e. The van der Waals surface area contributed by atoms with Gasteiger partial charge in [0.2, 0.25) is 0 Å². The predicted molar refractivity (Wildman–Crippen MR) is 81.2 cm³/mol. The average Bonchev–Trinajstić information content (AvgIpc) is 2.37. The molecule has 1 atom stereocenters. The summed E-state index contributed by atoms with van der Waals surface area (Å²) in [5.41, 5.74) is 2.38. The van der Waals surface area contributed by atoms with Crippen LogP contribution in [-0.4, -0.2) is 7.05 Å². The van der Waals surface area contributed by atoms with Crippen molar-refractivity contribution in [2.45, 2.75) is 13.0 Å². The molecule has 0 aliphatic heterocycles. The Balaban J connectivity index is 2.46. The Morgan fingerprint density at radius 3 is 2.42 bits per heavy atom. The highest BCUT2D eigenvalue weighted by molar-refractivity contribution is 14.1. The summed E-state index contributed by atoms with van der Waals surface area (Å²) in [4.78, 5) is 0. The molecule has 1 nitrogen and oxygen atoms in total. The number of hydrogen-bond acceptors (Lipinski definition) is 1. The van der Waals surface area contributed by atoms with Crippen LogP contribution in [0.25, 0.3) is 0 Å². The van der Waals surface area contributed by atoms with Gasteiger partial charge in [0.1, 0.15) is 11.6 Å². The monoisotopic (exact) mass is 373 g/mol. The van der Waals surface area contributed by atoms with Gasteiger partial charge in [0.25, 0.3) is 0 Å². The van der Waals surface area contributed by atoms with Gasteiger partial charge in [0.05, 0.1) is 6.04 Å². The van der Waals surface area contributed by atoms with E-state index in [0.29, 0.717) is 5.56 Å². The standard InChI is InChI=1S/C15H14F2IN/c1-9-3-4-10(7-13(9)17)15(19-2)12-6-5-11(16)8-14(12)18/h3-8,15,19H,1-2H3. The molecule has 1 N–H and O–H groups in total. The lowest BCUT2D eigenvalue weighted by molar-refractivity contribution is 0.605. The summed E-state index contributed by atoms with van der Waals surface area (Å²) in [6.45, 7) is 1.73. The molecule has 100 valence electrons. The summed E-state index contributed by atoms with van der Waals surface area (Å²) in [5, 5.41) is 3.15. The first kappa shape index (κ1) is 14.4. The highest BCUT2D eigenvalue weighted by Crippen LogP contribution is 2.27. The van der Waals surface area contributed by atoms with Crippen molar-refractivity contribution in [3.8, 4) is 0 Å². The van der Waals surface area contributed by atoms with Crippen LogP contribution in [0.2, 0.25) is 0 Å². The van der Waals surface area contributed by atoms with Gasteiger partial charge in [-0.05, 0) is 71.5 Å². The zero-order valence-electron chi connectivity index (χ0n) is 10.7. The quantitative estimate of drug-likeness (QED) is 0.796. The Morgan fingerprint density at radius 2 is 1.84 bits per heavy atom. The molecule has 0 spiro atoms. The molecule has 2 aromatic rings. The van der Waals surface area contributed by atoms with Crippen LogP contribution in [0.3, 0.4) is 0 Å². The first-order chi connectivity index (χ1) is 9.02. The topological polar surface area (TPSA) is 12.0 Å². The molecule has 19 heavy (non-hydrogen) atoms. The van der Waals surface area contributed by atoms with E-state index in [-0.39, 0.29) is 17.7 Å². The molecule has 0 heterocycles. The fourth-order valence-corrected chi connectivity index (χ4v) is 2.81. The van der Waals surface area contributed by atoms with Crippen LogP contribution in [0.4, 0.5) is 8.78 Å².